The molecule has 1 aliphatic rings. The highest BCUT2D eigenvalue weighted by atomic mass is 16.5. The normalized spacial score (nSPS) is 16.1. The first-order chi connectivity index (χ1) is 8.38. The Morgan fingerprint density at radius 2 is 2.12 bits per heavy atom. The third-order valence-electron chi connectivity index (χ3n) is 3.49. The highest BCUT2D eigenvalue weighted by molar-refractivity contribution is 5.85. The van der Waals surface area contributed by atoms with E-state index in [4.69, 9.17) is 14.9 Å². The molecule has 0 radical (unpaired) electrons. The summed E-state index contributed by atoms with van der Waals surface area (Å²) in [6.45, 7) is 1.17. The van der Waals surface area contributed by atoms with Gasteiger partial charge in [0.05, 0.1) is 18.5 Å². The van der Waals surface area contributed by atoms with Gasteiger partial charge in [0.2, 0.25) is 0 Å². The highest BCUT2D eigenvalue weighted by Crippen LogP contribution is 2.34. The van der Waals surface area contributed by atoms with Crippen molar-refractivity contribution < 1.29 is 9.15 Å². The summed E-state index contributed by atoms with van der Waals surface area (Å²) >= 11 is 0. The second-order valence-corrected chi connectivity index (χ2v) is 4.66. The van der Waals surface area contributed by atoms with E-state index >= 15 is 0 Å². The fourth-order valence-electron chi connectivity index (χ4n) is 2.23. The molecular formula is C14H17NO2. The van der Waals surface area contributed by atoms with Crippen LogP contribution in [0.15, 0.2) is 28.7 Å². The Morgan fingerprint density at radius 1 is 1.29 bits per heavy atom. The van der Waals surface area contributed by atoms with Gasteiger partial charge in [-0.1, -0.05) is 18.6 Å². The summed E-state index contributed by atoms with van der Waals surface area (Å²) in [5.41, 5.74) is 6.55. The Morgan fingerprint density at radius 3 is 2.82 bits per heavy atom. The van der Waals surface area contributed by atoms with Gasteiger partial charge >= 0.3 is 0 Å². The molecule has 0 spiro atoms. The number of hydrogen-bond acceptors (Lipinski definition) is 3. The Balaban J connectivity index is 1.88. The molecule has 1 aliphatic carbocycles. The van der Waals surface area contributed by atoms with E-state index in [1.54, 1.807) is 0 Å². The first-order valence-electron chi connectivity index (χ1n) is 6.21. The van der Waals surface area contributed by atoms with Crippen LogP contribution in [0.3, 0.4) is 0 Å². The lowest BCUT2D eigenvalue weighted by Gasteiger charge is -2.25. The van der Waals surface area contributed by atoms with Gasteiger partial charge in [-0.05, 0) is 30.9 Å². The van der Waals surface area contributed by atoms with Gasteiger partial charge in [-0.3, -0.25) is 0 Å². The first-order valence-corrected chi connectivity index (χ1v) is 6.21. The van der Waals surface area contributed by atoms with Crippen molar-refractivity contribution in [1.82, 2.24) is 0 Å². The van der Waals surface area contributed by atoms with Crippen molar-refractivity contribution in [1.29, 1.82) is 0 Å². The van der Waals surface area contributed by atoms with Gasteiger partial charge in [0.25, 0.3) is 0 Å². The van der Waals surface area contributed by atoms with E-state index in [9.17, 15) is 0 Å². The van der Waals surface area contributed by atoms with Crippen LogP contribution in [0.2, 0.25) is 0 Å². The molecule has 0 bridgehead atoms. The van der Waals surface area contributed by atoms with Gasteiger partial charge in [-0.15, -0.1) is 0 Å². The van der Waals surface area contributed by atoms with Crippen molar-refractivity contribution in [2.75, 3.05) is 6.61 Å². The molecule has 3 rings (SSSR count). The summed E-state index contributed by atoms with van der Waals surface area (Å²) < 4.78 is 11.6. The average Bonchev–Trinajstić information content (AvgIpc) is 2.66. The average molecular weight is 231 g/mol. The maximum atomic E-state index is 5.91. The van der Waals surface area contributed by atoms with Gasteiger partial charge in [-0.25, -0.2) is 0 Å². The molecule has 1 heterocycles. The number of benzene rings is 1. The second kappa shape index (κ2) is 4.41. The molecule has 2 aromatic rings. The van der Waals surface area contributed by atoms with Gasteiger partial charge in [0.1, 0.15) is 5.58 Å². The van der Waals surface area contributed by atoms with E-state index < -0.39 is 0 Å². The molecule has 1 saturated carbocycles. The lowest BCUT2D eigenvalue weighted by molar-refractivity contribution is 0.179. The van der Waals surface area contributed by atoms with Crippen LogP contribution in [-0.2, 0) is 6.54 Å². The van der Waals surface area contributed by atoms with E-state index in [-0.39, 0.29) is 0 Å². The van der Waals surface area contributed by atoms with Crippen LogP contribution in [-0.4, -0.2) is 6.61 Å². The van der Waals surface area contributed by atoms with Crippen molar-refractivity contribution in [3.63, 3.8) is 0 Å². The first kappa shape index (κ1) is 10.7. The fraction of sp³-hybridized carbons (Fsp3) is 0.429. The summed E-state index contributed by atoms with van der Waals surface area (Å²) in [7, 11) is 0. The van der Waals surface area contributed by atoms with Gasteiger partial charge in [0, 0.05) is 0 Å². The Bertz CT molecular complexity index is 514. The second-order valence-electron chi connectivity index (χ2n) is 4.66. The predicted octanol–water partition coefficient (Wildman–Crippen LogP) is 3.07. The molecule has 3 heteroatoms. The van der Waals surface area contributed by atoms with Crippen LogP contribution in [0.1, 0.15) is 25.0 Å². The predicted molar refractivity (Wildman–Crippen MR) is 66.9 cm³/mol. The van der Waals surface area contributed by atoms with Crippen molar-refractivity contribution in [3.8, 4) is 5.75 Å². The van der Waals surface area contributed by atoms with E-state index in [1.807, 2.05) is 24.3 Å². The largest absolute Gasteiger partial charge is 0.489 e. The lowest BCUT2D eigenvalue weighted by Crippen LogP contribution is -2.19. The number of fused-ring (bicyclic) bond motifs is 1. The zero-order valence-corrected chi connectivity index (χ0v) is 9.82. The molecular weight excluding hydrogens is 214 g/mol. The molecule has 0 saturated heterocycles. The summed E-state index contributed by atoms with van der Waals surface area (Å²) in [6, 6.07) is 7.93. The molecule has 0 atom stereocenters. The standard InChI is InChI=1S/C14H17NO2/c15-8-13-14(16-9-10-4-3-5-10)11-6-1-2-7-12(11)17-13/h1-2,6-7,10H,3-5,8-9,15H2. The SMILES string of the molecule is NCc1oc2ccccc2c1OCC1CCC1. The zero-order chi connectivity index (χ0) is 11.7. The summed E-state index contributed by atoms with van der Waals surface area (Å²) in [4.78, 5) is 0. The highest BCUT2D eigenvalue weighted by Gasteiger charge is 2.20. The zero-order valence-electron chi connectivity index (χ0n) is 9.82. The van der Waals surface area contributed by atoms with Gasteiger partial charge < -0.3 is 14.9 Å². The maximum absolute atomic E-state index is 5.91. The van der Waals surface area contributed by atoms with Gasteiger partial charge in [0.15, 0.2) is 11.5 Å². The topological polar surface area (TPSA) is 48.4 Å². The minimum absolute atomic E-state index is 0.384. The van der Waals surface area contributed by atoms with Crippen molar-refractivity contribution in [2.45, 2.75) is 25.8 Å². The summed E-state index contributed by atoms with van der Waals surface area (Å²) in [5.74, 6) is 2.31. The number of nitrogens with two attached hydrogens (primary N) is 1. The molecule has 1 fully saturated rings. The Hall–Kier alpha value is -1.48. The van der Waals surface area contributed by atoms with E-state index in [0.717, 1.165) is 29.1 Å². The fourth-order valence-corrected chi connectivity index (χ4v) is 2.23. The maximum Gasteiger partial charge on any atom is 0.169 e. The third-order valence-corrected chi connectivity index (χ3v) is 3.49. The number of rotatable bonds is 4. The van der Waals surface area contributed by atoms with E-state index in [1.165, 1.54) is 19.3 Å². The van der Waals surface area contributed by atoms with Crippen LogP contribution in [0.5, 0.6) is 5.75 Å². The molecule has 1 aromatic carbocycles. The monoisotopic (exact) mass is 231 g/mol. The smallest absolute Gasteiger partial charge is 0.169 e. The minimum Gasteiger partial charge on any atom is -0.489 e. The lowest BCUT2D eigenvalue weighted by atomic mass is 9.86. The van der Waals surface area contributed by atoms with Crippen LogP contribution in [0.25, 0.3) is 11.0 Å². The molecule has 90 valence electrons. The van der Waals surface area contributed by atoms with Crippen molar-refractivity contribution in [2.24, 2.45) is 11.7 Å². The third kappa shape index (κ3) is 1.91. The van der Waals surface area contributed by atoms with Crippen molar-refractivity contribution >= 4 is 11.0 Å². The summed E-state index contributed by atoms with van der Waals surface area (Å²) in [6.07, 6.45) is 3.91. The van der Waals surface area contributed by atoms with E-state index in [0.29, 0.717) is 12.5 Å². The van der Waals surface area contributed by atoms with Crippen LogP contribution in [0.4, 0.5) is 0 Å². The van der Waals surface area contributed by atoms with Gasteiger partial charge in [-0.2, -0.15) is 0 Å². The quantitative estimate of drug-likeness (QED) is 0.879. The molecule has 0 amide bonds. The number of hydrogen-bond donors (Lipinski definition) is 1. The number of furan rings is 1. The Kier molecular flexibility index (Phi) is 2.77. The molecule has 1 aromatic heterocycles. The van der Waals surface area contributed by atoms with E-state index in [2.05, 4.69) is 0 Å². The van der Waals surface area contributed by atoms with Crippen molar-refractivity contribution in [3.05, 3.63) is 30.0 Å². The summed E-state index contributed by atoms with van der Waals surface area (Å²) in [5, 5.41) is 1.03. The number of para-hydroxylation sites is 1. The molecule has 17 heavy (non-hydrogen) atoms. The number of ether oxygens (including phenoxy) is 1. The molecule has 0 unspecified atom stereocenters. The molecule has 2 N–H and O–H groups in total. The van der Waals surface area contributed by atoms with Crippen LogP contribution < -0.4 is 10.5 Å². The molecule has 0 aliphatic heterocycles. The molecule has 3 nitrogen and oxygen atoms in total. The Labute approximate surface area is 101 Å². The minimum atomic E-state index is 0.384. The van der Waals surface area contributed by atoms with Crippen LogP contribution in [0, 0.1) is 5.92 Å². The van der Waals surface area contributed by atoms with Crippen LogP contribution >= 0.6 is 0 Å².